The summed E-state index contributed by atoms with van der Waals surface area (Å²) in [6.07, 6.45) is 8.52. The molecule has 1 fully saturated rings. The third kappa shape index (κ3) is 6.94. The van der Waals surface area contributed by atoms with Crippen molar-refractivity contribution in [2.24, 2.45) is 5.10 Å². The number of nitrogens with one attached hydrogen (secondary N) is 1. The molecule has 35 heavy (non-hydrogen) atoms. The fourth-order valence-corrected chi connectivity index (χ4v) is 4.95. The molecule has 7 nitrogen and oxygen atoms in total. The second kappa shape index (κ2) is 12.5. The molecule has 1 saturated carbocycles. The molecule has 1 N–H and O–H groups in total. The number of hydrogen-bond donors (Lipinski definition) is 1. The number of benzene rings is 2. The maximum atomic E-state index is 12.5. The van der Waals surface area contributed by atoms with Gasteiger partial charge in [-0.2, -0.15) is 5.10 Å². The largest absolute Gasteiger partial charge is 0.494 e. The Morgan fingerprint density at radius 3 is 2.57 bits per heavy atom. The molecule has 0 atom stereocenters. The molecule has 1 aromatic heterocycles. The Labute approximate surface area is 211 Å². The van der Waals surface area contributed by atoms with E-state index in [-0.39, 0.29) is 11.7 Å². The molecule has 2 aromatic carbocycles. The predicted molar refractivity (Wildman–Crippen MR) is 141 cm³/mol. The van der Waals surface area contributed by atoms with Crippen LogP contribution in [0.15, 0.2) is 58.8 Å². The van der Waals surface area contributed by atoms with Crippen LogP contribution in [0, 0.1) is 6.92 Å². The van der Waals surface area contributed by atoms with E-state index in [1.54, 1.807) is 6.21 Å². The van der Waals surface area contributed by atoms with Gasteiger partial charge in [0.1, 0.15) is 5.75 Å². The van der Waals surface area contributed by atoms with Gasteiger partial charge in [-0.3, -0.25) is 9.36 Å². The summed E-state index contributed by atoms with van der Waals surface area (Å²) in [5.74, 6) is 1.75. The van der Waals surface area contributed by atoms with E-state index < -0.39 is 0 Å². The lowest BCUT2D eigenvalue weighted by molar-refractivity contribution is -0.118. The van der Waals surface area contributed by atoms with Gasteiger partial charge in [-0.05, 0) is 56.0 Å². The highest BCUT2D eigenvalue weighted by Crippen LogP contribution is 2.35. The summed E-state index contributed by atoms with van der Waals surface area (Å²) in [7, 11) is 0. The normalized spacial score (nSPS) is 14.3. The summed E-state index contributed by atoms with van der Waals surface area (Å²) >= 11 is 1.41. The number of amides is 1. The van der Waals surface area contributed by atoms with E-state index in [0.29, 0.717) is 12.6 Å². The zero-order valence-electron chi connectivity index (χ0n) is 20.4. The standard InChI is InChI=1S/C27H33N5O2S/c1-3-17-34-24-15-11-21(12-16-24)18-28-29-25(33)19-35-27-31-30-26(22-13-9-20(2)10-14-22)32(27)23-7-5-4-6-8-23/h9-16,18,23H,3-8,17,19H2,1-2H3,(H,29,33). The van der Waals surface area contributed by atoms with Crippen molar-refractivity contribution in [2.75, 3.05) is 12.4 Å². The van der Waals surface area contributed by atoms with E-state index in [1.165, 1.54) is 36.6 Å². The lowest BCUT2D eigenvalue weighted by Crippen LogP contribution is -2.20. The molecule has 0 aliphatic heterocycles. The summed E-state index contributed by atoms with van der Waals surface area (Å²) in [6.45, 7) is 4.85. The van der Waals surface area contributed by atoms with Crippen molar-refractivity contribution >= 4 is 23.9 Å². The molecule has 184 valence electrons. The molecule has 8 heteroatoms. The Balaban J connectivity index is 1.38. The number of ether oxygens (including phenoxy) is 1. The lowest BCUT2D eigenvalue weighted by atomic mass is 9.95. The molecule has 3 aromatic rings. The quantitative estimate of drug-likeness (QED) is 0.221. The molecule has 0 bridgehead atoms. The highest BCUT2D eigenvalue weighted by molar-refractivity contribution is 7.99. The Hall–Kier alpha value is -3.13. The summed E-state index contributed by atoms with van der Waals surface area (Å²) in [4.78, 5) is 12.5. The molecule has 0 unspecified atom stereocenters. The smallest absolute Gasteiger partial charge is 0.250 e. The first-order valence-corrected chi connectivity index (χ1v) is 13.3. The van der Waals surface area contributed by atoms with Crippen LogP contribution in [0.1, 0.15) is 62.6 Å². The van der Waals surface area contributed by atoms with E-state index in [2.05, 4.69) is 63.4 Å². The van der Waals surface area contributed by atoms with Gasteiger partial charge in [-0.1, -0.05) is 67.8 Å². The van der Waals surface area contributed by atoms with Crippen LogP contribution >= 0.6 is 11.8 Å². The maximum Gasteiger partial charge on any atom is 0.250 e. The van der Waals surface area contributed by atoms with Crippen molar-refractivity contribution in [1.82, 2.24) is 20.2 Å². The number of aromatic nitrogens is 3. The van der Waals surface area contributed by atoms with Crippen molar-refractivity contribution in [3.8, 4) is 17.1 Å². The van der Waals surface area contributed by atoms with Gasteiger partial charge in [-0.25, -0.2) is 5.43 Å². The van der Waals surface area contributed by atoms with Gasteiger partial charge in [0, 0.05) is 11.6 Å². The molecule has 1 aliphatic rings. The number of thioether (sulfide) groups is 1. The van der Waals surface area contributed by atoms with Crippen LogP contribution in [-0.2, 0) is 4.79 Å². The van der Waals surface area contributed by atoms with E-state index >= 15 is 0 Å². The van der Waals surface area contributed by atoms with Crippen LogP contribution in [0.3, 0.4) is 0 Å². The first kappa shape index (κ1) is 25.0. The van der Waals surface area contributed by atoms with Crippen LogP contribution in [-0.4, -0.2) is 39.2 Å². The van der Waals surface area contributed by atoms with Gasteiger partial charge in [0.15, 0.2) is 11.0 Å². The average Bonchev–Trinajstić information content (AvgIpc) is 3.32. The number of nitrogens with zero attached hydrogens (tertiary/aromatic N) is 4. The minimum absolute atomic E-state index is 0.177. The first-order valence-electron chi connectivity index (χ1n) is 12.3. The molecular weight excluding hydrogens is 458 g/mol. The van der Waals surface area contributed by atoms with Crippen LogP contribution in [0.2, 0.25) is 0 Å². The minimum Gasteiger partial charge on any atom is -0.494 e. The topological polar surface area (TPSA) is 81.4 Å². The van der Waals surface area contributed by atoms with Crippen LogP contribution in [0.25, 0.3) is 11.4 Å². The molecule has 0 radical (unpaired) electrons. The molecule has 1 heterocycles. The fraction of sp³-hybridized carbons (Fsp3) is 0.407. The van der Waals surface area contributed by atoms with Crippen LogP contribution < -0.4 is 10.2 Å². The Bertz CT molecular complexity index is 1120. The third-order valence-electron chi connectivity index (χ3n) is 6.00. The van der Waals surface area contributed by atoms with E-state index in [4.69, 9.17) is 4.74 Å². The van der Waals surface area contributed by atoms with Crippen LogP contribution in [0.4, 0.5) is 0 Å². The lowest BCUT2D eigenvalue weighted by Gasteiger charge is -2.25. The van der Waals surface area contributed by atoms with Gasteiger partial charge >= 0.3 is 0 Å². The van der Waals surface area contributed by atoms with Crippen molar-refractivity contribution in [1.29, 1.82) is 0 Å². The molecule has 1 amide bonds. The van der Waals surface area contributed by atoms with Crippen molar-refractivity contribution in [3.63, 3.8) is 0 Å². The Morgan fingerprint density at radius 1 is 1.11 bits per heavy atom. The second-order valence-electron chi connectivity index (χ2n) is 8.83. The summed E-state index contributed by atoms with van der Waals surface area (Å²) in [6, 6.07) is 16.4. The average molecular weight is 492 g/mol. The molecule has 0 spiro atoms. The molecule has 1 aliphatic carbocycles. The zero-order valence-corrected chi connectivity index (χ0v) is 21.3. The number of aryl methyl sites for hydroxylation is 1. The highest BCUT2D eigenvalue weighted by atomic mass is 32.2. The Kier molecular flexibility index (Phi) is 8.95. The maximum absolute atomic E-state index is 12.5. The van der Waals surface area contributed by atoms with E-state index in [1.807, 2.05) is 24.3 Å². The molecule has 4 rings (SSSR count). The zero-order chi connectivity index (χ0) is 24.5. The Morgan fingerprint density at radius 2 is 1.86 bits per heavy atom. The van der Waals surface area contributed by atoms with Crippen LogP contribution in [0.5, 0.6) is 5.75 Å². The highest BCUT2D eigenvalue weighted by Gasteiger charge is 2.24. The van der Waals surface area contributed by atoms with Gasteiger partial charge in [0.2, 0.25) is 0 Å². The van der Waals surface area contributed by atoms with E-state index in [0.717, 1.165) is 47.1 Å². The number of hydrogen-bond acceptors (Lipinski definition) is 6. The summed E-state index contributed by atoms with van der Waals surface area (Å²) < 4.78 is 7.83. The SMILES string of the molecule is CCCOc1ccc(C=NNC(=O)CSc2nnc(-c3ccc(C)cc3)n2C2CCCCC2)cc1. The van der Waals surface area contributed by atoms with Crippen molar-refractivity contribution in [2.45, 2.75) is 63.6 Å². The molecular formula is C27H33N5O2S. The van der Waals surface area contributed by atoms with Gasteiger partial charge in [0.05, 0.1) is 18.6 Å². The van der Waals surface area contributed by atoms with E-state index in [9.17, 15) is 4.79 Å². The predicted octanol–water partition coefficient (Wildman–Crippen LogP) is 5.79. The van der Waals surface area contributed by atoms with Crippen molar-refractivity contribution < 1.29 is 9.53 Å². The summed E-state index contributed by atoms with van der Waals surface area (Å²) in [5, 5.41) is 13.9. The van der Waals surface area contributed by atoms with Gasteiger partial charge in [-0.15, -0.1) is 10.2 Å². The van der Waals surface area contributed by atoms with Gasteiger partial charge in [0.25, 0.3) is 5.91 Å². The number of carbonyl (C=O) groups excluding carboxylic acids is 1. The third-order valence-corrected chi connectivity index (χ3v) is 6.95. The number of rotatable bonds is 10. The van der Waals surface area contributed by atoms with Crippen molar-refractivity contribution in [3.05, 3.63) is 59.7 Å². The number of carbonyl (C=O) groups is 1. The molecule has 0 saturated heterocycles. The minimum atomic E-state index is -0.177. The first-order chi connectivity index (χ1) is 17.1. The number of hydrazone groups is 1. The monoisotopic (exact) mass is 491 g/mol. The fourth-order valence-electron chi connectivity index (χ4n) is 4.15. The summed E-state index contributed by atoms with van der Waals surface area (Å²) in [5.41, 5.74) is 5.77. The second-order valence-corrected chi connectivity index (χ2v) is 9.78. The van der Waals surface area contributed by atoms with Gasteiger partial charge < -0.3 is 4.74 Å².